The standard InChI is InChI=1S/C12H13N3O3S/c16-6-5-14(8-1-2-8)9-3-4-10-11(13-7-19-10)12(9)15(17)18/h3-4,7-8,16H,1-2,5-6H2. The van der Waals surface area contributed by atoms with Crippen molar-refractivity contribution in [2.45, 2.75) is 18.9 Å². The quantitative estimate of drug-likeness (QED) is 0.670. The van der Waals surface area contributed by atoms with Gasteiger partial charge in [0, 0.05) is 12.6 Å². The zero-order valence-corrected chi connectivity index (χ0v) is 11.0. The van der Waals surface area contributed by atoms with Gasteiger partial charge in [0.05, 0.1) is 21.7 Å². The first-order chi connectivity index (χ1) is 9.22. The number of thiazole rings is 1. The third kappa shape index (κ3) is 2.15. The van der Waals surface area contributed by atoms with Crippen molar-refractivity contribution < 1.29 is 10.0 Å². The summed E-state index contributed by atoms with van der Waals surface area (Å²) in [5, 5.41) is 20.5. The molecule has 3 rings (SSSR count). The lowest BCUT2D eigenvalue weighted by atomic mass is 10.2. The molecule has 2 aromatic rings. The summed E-state index contributed by atoms with van der Waals surface area (Å²) in [6.45, 7) is 0.407. The van der Waals surface area contributed by atoms with Crippen molar-refractivity contribution in [3.8, 4) is 0 Å². The first-order valence-electron chi connectivity index (χ1n) is 6.10. The van der Waals surface area contributed by atoms with Gasteiger partial charge in [-0.1, -0.05) is 0 Å². The largest absolute Gasteiger partial charge is 0.395 e. The fourth-order valence-electron chi connectivity index (χ4n) is 2.31. The van der Waals surface area contributed by atoms with Gasteiger partial charge in [-0.2, -0.15) is 0 Å². The highest BCUT2D eigenvalue weighted by Gasteiger charge is 2.34. The molecule has 100 valence electrons. The molecular weight excluding hydrogens is 266 g/mol. The molecule has 1 aromatic heterocycles. The normalized spacial score (nSPS) is 14.8. The topological polar surface area (TPSA) is 79.5 Å². The van der Waals surface area contributed by atoms with Crippen LogP contribution in [0, 0.1) is 10.1 Å². The molecule has 0 spiro atoms. The zero-order valence-electron chi connectivity index (χ0n) is 10.2. The van der Waals surface area contributed by atoms with Gasteiger partial charge in [-0.25, -0.2) is 4.98 Å². The lowest BCUT2D eigenvalue weighted by Crippen LogP contribution is -2.29. The monoisotopic (exact) mass is 279 g/mol. The fraction of sp³-hybridized carbons (Fsp3) is 0.417. The first-order valence-corrected chi connectivity index (χ1v) is 6.98. The van der Waals surface area contributed by atoms with Crippen molar-refractivity contribution in [3.63, 3.8) is 0 Å². The van der Waals surface area contributed by atoms with Gasteiger partial charge in [-0.15, -0.1) is 11.3 Å². The van der Waals surface area contributed by atoms with E-state index in [2.05, 4.69) is 4.98 Å². The Bertz CT molecular complexity index is 624. The molecule has 1 N–H and O–H groups in total. The predicted molar refractivity (Wildman–Crippen MR) is 73.7 cm³/mol. The molecule has 1 fully saturated rings. The van der Waals surface area contributed by atoms with Gasteiger partial charge in [-0.05, 0) is 25.0 Å². The smallest absolute Gasteiger partial charge is 0.319 e. The molecule has 19 heavy (non-hydrogen) atoms. The van der Waals surface area contributed by atoms with E-state index in [1.165, 1.54) is 11.3 Å². The lowest BCUT2D eigenvalue weighted by Gasteiger charge is -2.23. The van der Waals surface area contributed by atoms with Crippen molar-refractivity contribution in [1.82, 2.24) is 4.98 Å². The number of nitro groups is 1. The number of aromatic nitrogens is 1. The Labute approximate surface area is 113 Å². The van der Waals surface area contributed by atoms with E-state index in [1.807, 2.05) is 11.0 Å². The molecule has 0 atom stereocenters. The van der Waals surface area contributed by atoms with Crippen LogP contribution in [0.3, 0.4) is 0 Å². The van der Waals surface area contributed by atoms with Crippen LogP contribution in [0.25, 0.3) is 10.2 Å². The molecule has 0 bridgehead atoms. The third-order valence-electron chi connectivity index (χ3n) is 3.27. The Morgan fingerprint density at radius 1 is 1.53 bits per heavy atom. The number of nitro benzene ring substituents is 1. The summed E-state index contributed by atoms with van der Waals surface area (Å²) in [6, 6.07) is 3.94. The number of hydrogen-bond donors (Lipinski definition) is 1. The Morgan fingerprint density at radius 3 is 2.95 bits per heavy atom. The van der Waals surface area contributed by atoms with Crippen LogP contribution >= 0.6 is 11.3 Å². The van der Waals surface area contributed by atoms with E-state index in [1.54, 1.807) is 11.6 Å². The van der Waals surface area contributed by atoms with Crippen LogP contribution in [0.1, 0.15) is 12.8 Å². The maximum atomic E-state index is 11.4. The fourth-order valence-corrected chi connectivity index (χ4v) is 2.99. The van der Waals surface area contributed by atoms with E-state index in [-0.39, 0.29) is 17.2 Å². The van der Waals surface area contributed by atoms with Gasteiger partial charge in [0.1, 0.15) is 5.69 Å². The van der Waals surface area contributed by atoms with Gasteiger partial charge in [0.15, 0.2) is 5.52 Å². The number of benzene rings is 1. The maximum absolute atomic E-state index is 11.4. The average Bonchev–Trinajstić information content (AvgIpc) is 3.11. The van der Waals surface area contributed by atoms with E-state index >= 15 is 0 Å². The molecule has 1 aliphatic rings. The molecule has 0 unspecified atom stereocenters. The number of nitrogens with zero attached hydrogens (tertiary/aromatic N) is 3. The van der Waals surface area contributed by atoms with Crippen LogP contribution in [-0.4, -0.2) is 34.2 Å². The second-order valence-electron chi connectivity index (χ2n) is 4.54. The molecule has 0 amide bonds. The number of aliphatic hydroxyl groups is 1. The highest BCUT2D eigenvalue weighted by atomic mass is 32.1. The summed E-state index contributed by atoms with van der Waals surface area (Å²) in [5.41, 5.74) is 2.68. The van der Waals surface area contributed by atoms with Gasteiger partial charge < -0.3 is 10.0 Å². The lowest BCUT2D eigenvalue weighted by molar-refractivity contribution is -0.382. The molecule has 0 saturated heterocycles. The molecule has 7 heteroatoms. The summed E-state index contributed by atoms with van der Waals surface area (Å²) in [7, 11) is 0. The molecule has 1 aliphatic carbocycles. The van der Waals surface area contributed by atoms with Crippen LogP contribution in [0.5, 0.6) is 0 Å². The summed E-state index contributed by atoms with van der Waals surface area (Å²) in [4.78, 5) is 17.0. The number of anilines is 1. The zero-order chi connectivity index (χ0) is 13.4. The highest BCUT2D eigenvalue weighted by molar-refractivity contribution is 7.16. The molecule has 1 heterocycles. The minimum Gasteiger partial charge on any atom is -0.395 e. The molecule has 1 saturated carbocycles. The van der Waals surface area contributed by atoms with Crippen molar-refractivity contribution in [3.05, 3.63) is 27.8 Å². The van der Waals surface area contributed by atoms with Crippen molar-refractivity contribution in [1.29, 1.82) is 0 Å². The average molecular weight is 279 g/mol. The Morgan fingerprint density at radius 2 is 2.32 bits per heavy atom. The number of fused-ring (bicyclic) bond motifs is 1. The van der Waals surface area contributed by atoms with E-state index in [0.717, 1.165) is 17.5 Å². The number of rotatable bonds is 5. The van der Waals surface area contributed by atoms with Crippen LogP contribution in [-0.2, 0) is 0 Å². The molecular formula is C12H13N3O3S. The van der Waals surface area contributed by atoms with Crippen LogP contribution < -0.4 is 4.90 Å². The maximum Gasteiger partial charge on any atom is 0.319 e. The third-order valence-corrected chi connectivity index (χ3v) is 4.07. The Hall–Kier alpha value is -1.73. The van der Waals surface area contributed by atoms with Gasteiger partial charge in [0.2, 0.25) is 0 Å². The van der Waals surface area contributed by atoms with Gasteiger partial charge >= 0.3 is 5.69 Å². The van der Waals surface area contributed by atoms with E-state index in [0.29, 0.717) is 23.8 Å². The molecule has 0 radical (unpaired) electrons. The minimum atomic E-state index is -0.371. The van der Waals surface area contributed by atoms with E-state index in [9.17, 15) is 10.1 Å². The molecule has 0 aliphatic heterocycles. The van der Waals surface area contributed by atoms with Crippen molar-refractivity contribution >= 4 is 32.9 Å². The molecule has 6 nitrogen and oxygen atoms in total. The van der Waals surface area contributed by atoms with Crippen LogP contribution in [0.4, 0.5) is 11.4 Å². The predicted octanol–water partition coefficient (Wildman–Crippen LogP) is 2.17. The summed E-state index contributed by atoms with van der Waals surface area (Å²) < 4.78 is 0.815. The summed E-state index contributed by atoms with van der Waals surface area (Å²) in [5.74, 6) is 0. The van der Waals surface area contributed by atoms with E-state index in [4.69, 9.17) is 5.11 Å². The van der Waals surface area contributed by atoms with Crippen molar-refractivity contribution in [2.24, 2.45) is 0 Å². The number of hydrogen-bond acceptors (Lipinski definition) is 6. The molecule has 1 aromatic carbocycles. The Kier molecular flexibility index (Phi) is 3.08. The minimum absolute atomic E-state index is 0.0112. The highest BCUT2D eigenvalue weighted by Crippen LogP contribution is 2.40. The Balaban J connectivity index is 2.15. The van der Waals surface area contributed by atoms with Gasteiger partial charge in [0.25, 0.3) is 0 Å². The van der Waals surface area contributed by atoms with Gasteiger partial charge in [-0.3, -0.25) is 10.1 Å². The summed E-state index contributed by atoms with van der Waals surface area (Å²) >= 11 is 1.39. The second-order valence-corrected chi connectivity index (χ2v) is 5.42. The van der Waals surface area contributed by atoms with Crippen LogP contribution in [0.2, 0.25) is 0 Å². The van der Waals surface area contributed by atoms with Crippen LogP contribution in [0.15, 0.2) is 17.6 Å². The van der Waals surface area contributed by atoms with E-state index < -0.39 is 0 Å². The first kappa shape index (κ1) is 12.3. The number of aliphatic hydroxyl groups excluding tert-OH is 1. The second kappa shape index (κ2) is 4.75. The summed E-state index contributed by atoms with van der Waals surface area (Å²) in [6.07, 6.45) is 2.04. The SMILES string of the molecule is O=[N+]([O-])c1c(N(CCO)C2CC2)ccc2scnc12. The van der Waals surface area contributed by atoms with Crippen molar-refractivity contribution in [2.75, 3.05) is 18.1 Å².